The molecule has 40 heavy (non-hydrogen) atoms. The monoisotopic (exact) mass is 543 g/mol. The Balaban J connectivity index is 1.40. The number of pyridine rings is 1. The van der Waals surface area contributed by atoms with Crippen molar-refractivity contribution in [2.45, 2.75) is 26.4 Å². The van der Waals surface area contributed by atoms with Gasteiger partial charge >= 0.3 is 5.97 Å². The van der Waals surface area contributed by atoms with Gasteiger partial charge in [-0.05, 0) is 55.5 Å². The van der Waals surface area contributed by atoms with Crippen LogP contribution < -0.4 is 14.8 Å². The molecule has 5 rings (SSSR count). The number of ether oxygens (including phenoxy) is 2. The summed E-state index contributed by atoms with van der Waals surface area (Å²) < 4.78 is 17.4. The summed E-state index contributed by atoms with van der Waals surface area (Å²) in [6.45, 7) is 3.81. The lowest BCUT2D eigenvalue weighted by Gasteiger charge is -2.16. The minimum atomic E-state index is -1.11. The highest BCUT2D eigenvalue weighted by Crippen LogP contribution is 2.31. The fourth-order valence-corrected chi connectivity index (χ4v) is 4.15. The number of amides is 2. The molecule has 1 unspecified atom stereocenters. The number of nitrogens with zero attached hydrogens (tertiary/aromatic N) is 4. The van der Waals surface area contributed by atoms with Crippen LogP contribution in [0, 0.1) is 13.8 Å². The summed E-state index contributed by atoms with van der Waals surface area (Å²) in [5.74, 6) is 0.277. The predicted octanol–water partition coefficient (Wildman–Crippen LogP) is 4.10. The van der Waals surface area contributed by atoms with Crippen molar-refractivity contribution >= 4 is 23.6 Å². The van der Waals surface area contributed by atoms with Crippen LogP contribution >= 0.6 is 0 Å². The van der Waals surface area contributed by atoms with Gasteiger partial charge < -0.3 is 29.2 Å². The Morgan fingerprint density at radius 2 is 1.77 bits per heavy atom. The molecule has 3 heterocycles. The van der Waals surface area contributed by atoms with Gasteiger partial charge in [0.25, 0.3) is 11.8 Å². The third kappa shape index (κ3) is 5.75. The van der Waals surface area contributed by atoms with Gasteiger partial charge in [-0.1, -0.05) is 0 Å². The number of carbonyl (C=O) groups excluding carboxylic acids is 2. The van der Waals surface area contributed by atoms with Crippen LogP contribution in [0.2, 0.25) is 0 Å². The molecule has 1 aliphatic heterocycles. The van der Waals surface area contributed by atoms with E-state index in [1.54, 1.807) is 56.1 Å². The smallest absolute Gasteiger partial charge is 0.337 e. The van der Waals surface area contributed by atoms with Gasteiger partial charge in [-0.25, -0.2) is 9.78 Å². The minimum Gasteiger partial charge on any atom is -0.480 e. The van der Waals surface area contributed by atoms with E-state index in [9.17, 15) is 19.5 Å². The van der Waals surface area contributed by atoms with E-state index in [-0.39, 0.29) is 34.3 Å². The second-order valence-corrected chi connectivity index (χ2v) is 9.19. The maximum Gasteiger partial charge on any atom is 0.337 e. The molecule has 1 saturated heterocycles. The van der Waals surface area contributed by atoms with Crippen LogP contribution in [-0.4, -0.2) is 62.7 Å². The van der Waals surface area contributed by atoms with Crippen molar-refractivity contribution in [2.24, 2.45) is 0 Å². The van der Waals surface area contributed by atoms with Crippen molar-refractivity contribution in [3.8, 4) is 28.7 Å². The third-order valence-corrected chi connectivity index (χ3v) is 6.22. The number of hydrogen-bond donors (Lipinski definition) is 2. The SMILES string of the molecule is Cc1nnc(-c2ccc(Oc3cc(OC4CCN(C)C4=O)cc(C(=O)Nc4ccc(C(=O)O)c(C)n4)c3)cc2)o1. The number of nitrogens with one attached hydrogen (secondary N) is 1. The van der Waals surface area contributed by atoms with E-state index < -0.39 is 18.0 Å². The first-order valence-corrected chi connectivity index (χ1v) is 12.3. The average Bonchev–Trinajstić information content (AvgIpc) is 3.49. The summed E-state index contributed by atoms with van der Waals surface area (Å²) in [7, 11) is 1.70. The minimum absolute atomic E-state index is 0.0375. The largest absolute Gasteiger partial charge is 0.480 e. The number of carboxylic acid groups (broad SMARTS) is 1. The fourth-order valence-electron chi connectivity index (χ4n) is 4.15. The summed E-state index contributed by atoms with van der Waals surface area (Å²) in [5.41, 5.74) is 1.20. The van der Waals surface area contributed by atoms with E-state index >= 15 is 0 Å². The van der Waals surface area contributed by atoms with Gasteiger partial charge in [-0.3, -0.25) is 9.59 Å². The van der Waals surface area contributed by atoms with Crippen LogP contribution in [0.3, 0.4) is 0 Å². The van der Waals surface area contributed by atoms with E-state index in [0.29, 0.717) is 41.8 Å². The van der Waals surface area contributed by atoms with Crippen LogP contribution in [0.4, 0.5) is 5.82 Å². The molecule has 2 N–H and O–H groups in total. The van der Waals surface area contributed by atoms with Crippen LogP contribution in [0.5, 0.6) is 17.2 Å². The Kier molecular flexibility index (Phi) is 7.15. The van der Waals surface area contributed by atoms with Gasteiger partial charge in [-0.2, -0.15) is 0 Å². The molecule has 0 saturated carbocycles. The number of benzene rings is 2. The first kappa shape index (κ1) is 26.4. The molecule has 0 spiro atoms. The number of hydrogen-bond acceptors (Lipinski definition) is 9. The Morgan fingerprint density at radius 3 is 2.40 bits per heavy atom. The molecule has 12 heteroatoms. The molecule has 2 amide bonds. The molecule has 2 aromatic carbocycles. The number of likely N-dealkylation sites (N-methyl/N-ethyl adjacent to an activating group) is 1. The normalized spacial score (nSPS) is 14.7. The standard InChI is InChI=1S/C28H25N5O7/c1-15-22(28(36)37)8-9-24(29-15)30-25(34)18-12-20(14-21(13-18)40-23-10-11-33(3)27(23)35)39-19-6-4-17(5-7-19)26-32-31-16(2)38-26/h4-9,12-14,23H,10-11H2,1-3H3,(H,36,37)(H,29,30,34). The Hall–Kier alpha value is -5.26. The quantitative estimate of drug-likeness (QED) is 0.331. The Morgan fingerprint density at radius 1 is 1.02 bits per heavy atom. The number of anilines is 1. The van der Waals surface area contributed by atoms with Crippen LogP contribution in [0.25, 0.3) is 11.5 Å². The van der Waals surface area contributed by atoms with Crippen molar-refractivity contribution < 1.29 is 33.4 Å². The van der Waals surface area contributed by atoms with Gasteiger partial charge in [-0.15, -0.1) is 10.2 Å². The summed E-state index contributed by atoms with van der Waals surface area (Å²) in [5, 5.41) is 19.7. The van der Waals surface area contributed by atoms with Gasteiger partial charge in [0.2, 0.25) is 11.8 Å². The lowest BCUT2D eigenvalue weighted by Crippen LogP contribution is -2.29. The van der Waals surface area contributed by atoms with E-state index in [4.69, 9.17) is 13.9 Å². The number of carboxylic acids is 1. The summed E-state index contributed by atoms with van der Waals surface area (Å²) >= 11 is 0. The van der Waals surface area contributed by atoms with Gasteiger partial charge in [0.15, 0.2) is 6.10 Å². The van der Waals surface area contributed by atoms with Crippen molar-refractivity contribution in [3.05, 3.63) is 77.3 Å². The van der Waals surface area contributed by atoms with E-state index in [0.717, 1.165) is 0 Å². The maximum atomic E-state index is 13.2. The summed E-state index contributed by atoms with van der Waals surface area (Å²) in [6, 6.07) is 14.4. The van der Waals surface area contributed by atoms with Gasteiger partial charge in [0.05, 0.1) is 11.3 Å². The number of aryl methyl sites for hydroxylation is 2. The zero-order valence-corrected chi connectivity index (χ0v) is 21.9. The number of aromatic carboxylic acids is 1. The van der Waals surface area contributed by atoms with E-state index in [1.807, 2.05) is 0 Å². The molecule has 204 valence electrons. The summed E-state index contributed by atoms with van der Waals surface area (Å²) in [6.07, 6.45) is -0.168. The molecular weight excluding hydrogens is 518 g/mol. The van der Waals surface area contributed by atoms with Crippen molar-refractivity contribution in [1.82, 2.24) is 20.1 Å². The van der Waals surface area contributed by atoms with Gasteiger partial charge in [0, 0.05) is 44.1 Å². The second kappa shape index (κ2) is 10.8. The zero-order valence-electron chi connectivity index (χ0n) is 21.9. The highest BCUT2D eigenvalue weighted by atomic mass is 16.5. The van der Waals surface area contributed by atoms with Crippen molar-refractivity contribution in [1.29, 1.82) is 0 Å². The lowest BCUT2D eigenvalue weighted by molar-refractivity contribution is -0.132. The molecule has 12 nitrogen and oxygen atoms in total. The molecule has 1 fully saturated rings. The second-order valence-electron chi connectivity index (χ2n) is 9.19. The molecule has 0 aliphatic carbocycles. The topological polar surface area (TPSA) is 157 Å². The van der Waals surface area contributed by atoms with Crippen molar-refractivity contribution in [2.75, 3.05) is 18.9 Å². The van der Waals surface area contributed by atoms with E-state index in [1.165, 1.54) is 24.3 Å². The van der Waals surface area contributed by atoms with Crippen LogP contribution in [0.15, 0.2) is 59.0 Å². The van der Waals surface area contributed by atoms with Crippen LogP contribution in [0.1, 0.15) is 38.7 Å². The van der Waals surface area contributed by atoms with E-state index in [2.05, 4.69) is 20.5 Å². The highest BCUT2D eigenvalue weighted by molar-refractivity contribution is 6.04. The molecule has 0 bridgehead atoms. The first-order chi connectivity index (χ1) is 19.2. The average molecular weight is 544 g/mol. The fraction of sp³-hybridized carbons (Fsp3) is 0.214. The highest BCUT2D eigenvalue weighted by Gasteiger charge is 2.31. The molecular formula is C28H25N5O7. The number of likely N-dealkylation sites (tertiary alicyclic amines) is 1. The first-order valence-electron chi connectivity index (χ1n) is 12.3. The molecule has 1 aliphatic rings. The predicted molar refractivity (Wildman–Crippen MR) is 142 cm³/mol. The lowest BCUT2D eigenvalue weighted by atomic mass is 10.1. The summed E-state index contributed by atoms with van der Waals surface area (Å²) in [4.78, 5) is 42.6. The molecule has 2 aromatic heterocycles. The molecule has 0 radical (unpaired) electrons. The molecule has 4 aromatic rings. The molecule has 1 atom stereocenters. The number of aromatic nitrogens is 3. The Labute approximate surface area is 228 Å². The Bertz CT molecular complexity index is 1600. The maximum absolute atomic E-state index is 13.2. The third-order valence-electron chi connectivity index (χ3n) is 6.22. The number of carbonyl (C=O) groups is 3. The van der Waals surface area contributed by atoms with Gasteiger partial charge in [0.1, 0.15) is 23.1 Å². The van der Waals surface area contributed by atoms with Crippen LogP contribution in [-0.2, 0) is 4.79 Å². The van der Waals surface area contributed by atoms with Crippen molar-refractivity contribution in [3.63, 3.8) is 0 Å². The number of rotatable bonds is 8. The zero-order chi connectivity index (χ0) is 28.4.